The summed E-state index contributed by atoms with van der Waals surface area (Å²) in [6.45, 7) is 0.614. The topological polar surface area (TPSA) is 72.4 Å². The summed E-state index contributed by atoms with van der Waals surface area (Å²) in [6, 6.07) is 4.93. The first kappa shape index (κ1) is 15.1. The molecule has 0 heterocycles. The molecule has 2 unspecified atom stereocenters. The largest absolute Gasteiger partial charge is 0.366 e. The summed E-state index contributed by atoms with van der Waals surface area (Å²) in [6.07, 6.45) is 4.42. The molecule has 0 saturated heterocycles. The minimum absolute atomic E-state index is 0.0956. The smallest absolute Gasteiger partial charge is 0.292 e. The highest BCUT2D eigenvalue weighted by Gasteiger charge is 2.30. The summed E-state index contributed by atoms with van der Waals surface area (Å²) < 4.78 is 0. The molecule has 1 aromatic carbocycles. The fourth-order valence-electron chi connectivity index (χ4n) is 3.09. The third-order valence-electron chi connectivity index (χ3n) is 4.18. The van der Waals surface area contributed by atoms with Crippen LogP contribution in [0.3, 0.4) is 0 Å². The second-order valence-corrected chi connectivity index (χ2v) is 5.79. The van der Waals surface area contributed by atoms with E-state index in [1.165, 1.54) is 12.5 Å². The SMILES string of the molecule is CN(c1cc(Cl)ccc1[N+](=O)[O-])C1CCCCC1CN. The molecule has 1 aromatic rings. The van der Waals surface area contributed by atoms with Crippen molar-refractivity contribution in [1.29, 1.82) is 0 Å². The average Bonchev–Trinajstić information content (AvgIpc) is 2.46. The Bertz CT molecular complexity index is 495. The highest BCUT2D eigenvalue weighted by atomic mass is 35.5. The average molecular weight is 298 g/mol. The lowest BCUT2D eigenvalue weighted by molar-refractivity contribution is -0.384. The Labute approximate surface area is 123 Å². The van der Waals surface area contributed by atoms with Crippen LogP contribution in [0.25, 0.3) is 0 Å². The highest BCUT2D eigenvalue weighted by Crippen LogP contribution is 2.36. The van der Waals surface area contributed by atoms with Crippen molar-refractivity contribution in [1.82, 2.24) is 0 Å². The molecule has 20 heavy (non-hydrogen) atoms. The Morgan fingerprint density at radius 1 is 1.45 bits per heavy atom. The van der Waals surface area contributed by atoms with Gasteiger partial charge in [-0.1, -0.05) is 24.4 Å². The first-order valence-electron chi connectivity index (χ1n) is 6.91. The number of rotatable bonds is 4. The minimum Gasteiger partial charge on any atom is -0.366 e. The summed E-state index contributed by atoms with van der Waals surface area (Å²) in [5.74, 6) is 0.382. The van der Waals surface area contributed by atoms with Crippen LogP contribution in [0.4, 0.5) is 11.4 Å². The molecule has 0 aliphatic heterocycles. The van der Waals surface area contributed by atoms with Gasteiger partial charge in [0.1, 0.15) is 5.69 Å². The predicted octanol–water partition coefficient (Wildman–Crippen LogP) is 3.20. The molecule has 6 heteroatoms. The van der Waals surface area contributed by atoms with Crippen LogP contribution >= 0.6 is 11.6 Å². The van der Waals surface area contributed by atoms with Crippen molar-refractivity contribution in [3.63, 3.8) is 0 Å². The van der Waals surface area contributed by atoms with Crippen LogP contribution < -0.4 is 10.6 Å². The predicted molar refractivity (Wildman–Crippen MR) is 81.3 cm³/mol. The van der Waals surface area contributed by atoms with Crippen LogP contribution in [0.1, 0.15) is 25.7 Å². The van der Waals surface area contributed by atoms with E-state index in [-0.39, 0.29) is 16.7 Å². The van der Waals surface area contributed by atoms with Crippen molar-refractivity contribution in [2.24, 2.45) is 11.7 Å². The number of nitro benzene ring substituents is 1. The normalized spacial score (nSPS) is 22.6. The van der Waals surface area contributed by atoms with E-state index in [1.807, 2.05) is 11.9 Å². The van der Waals surface area contributed by atoms with Gasteiger partial charge in [0.05, 0.1) is 4.92 Å². The van der Waals surface area contributed by atoms with Gasteiger partial charge >= 0.3 is 0 Å². The van der Waals surface area contributed by atoms with Gasteiger partial charge in [0.25, 0.3) is 5.69 Å². The molecule has 1 fully saturated rings. The number of nitrogens with two attached hydrogens (primary N) is 1. The Balaban J connectivity index is 2.33. The molecular formula is C14H20ClN3O2. The molecule has 110 valence electrons. The molecule has 5 nitrogen and oxygen atoms in total. The van der Waals surface area contributed by atoms with Gasteiger partial charge in [-0.05, 0) is 37.4 Å². The third kappa shape index (κ3) is 3.04. The zero-order valence-electron chi connectivity index (χ0n) is 11.6. The molecule has 0 bridgehead atoms. The maximum atomic E-state index is 11.2. The monoisotopic (exact) mass is 297 g/mol. The molecule has 0 amide bonds. The summed E-state index contributed by atoms with van der Waals surface area (Å²) in [5, 5.41) is 11.7. The first-order chi connectivity index (χ1) is 9.54. The van der Waals surface area contributed by atoms with E-state index >= 15 is 0 Å². The fraction of sp³-hybridized carbons (Fsp3) is 0.571. The number of halogens is 1. The van der Waals surface area contributed by atoms with Crippen molar-refractivity contribution < 1.29 is 4.92 Å². The van der Waals surface area contributed by atoms with Crippen molar-refractivity contribution in [2.75, 3.05) is 18.5 Å². The zero-order chi connectivity index (χ0) is 14.7. The fourth-order valence-corrected chi connectivity index (χ4v) is 3.25. The van der Waals surface area contributed by atoms with Gasteiger partial charge in [0.2, 0.25) is 0 Å². The van der Waals surface area contributed by atoms with E-state index in [2.05, 4.69) is 0 Å². The lowest BCUT2D eigenvalue weighted by Gasteiger charge is -2.38. The molecule has 0 aromatic heterocycles. The minimum atomic E-state index is -0.359. The van der Waals surface area contributed by atoms with Crippen LogP contribution in [0.5, 0.6) is 0 Å². The van der Waals surface area contributed by atoms with Crippen molar-refractivity contribution in [2.45, 2.75) is 31.7 Å². The van der Waals surface area contributed by atoms with Gasteiger partial charge in [-0.25, -0.2) is 0 Å². The quantitative estimate of drug-likeness (QED) is 0.684. The van der Waals surface area contributed by atoms with Gasteiger partial charge in [0, 0.05) is 24.2 Å². The maximum Gasteiger partial charge on any atom is 0.292 e. The molecule has 2 atom stereocenters. The van der Waals surface area contributed by atoms with Gasteiger partial charge < -0.3 is 10.6 Å². The standard InChI is InChI=1S/C14H20ClN3O2/c1-17(12-5-3-2-4-10(12)9-16)14-8-11(15)6-7-13(14)18(19)20/h6-8,10,12H,2-5,9,16H2,1H3. The van der Waals surface area contributed by atoms with Crippen LogP contribution in [0, 0.1) is 16.0 Å². The summed E-state index contributed by atoms with van der Waals surface area (Å²) in [5.41, 5.74) is 6.52. The third-order valence-corrected chi connectivity index (χ3v) is 4.42. The molecule has 1 saturated carbocycles. The number of nitro groups is 1. The lowest BCUT2D eigenvalue weighted by Crippen LogP contribution is -2.43. The van der Waals surface area contributed by atoms with E-state index in [0.29, 0.717) is 23.2 Å². The maximum absolute atomic E-state index is 11.2. The summed E-state index contributed by atoms with van der Waals surface area (Å²) in [7, 11) is 1.90. The van der Waals surface area contributed by atoms with Crippen molar-refractivity contribution >= 4 is 23.0 Å². The van der Waals surface area contributed by atoms with E-state index in [4.69, 9.17) is 17.3 Å². The molecular weight excluding hydrogens is 278 g/mol. The first-order valence-corrected chi connectivity index (χ1v) is 7.29. The van der Waals surface area contributed by atoms with Gasteiger partial charge in [-0.2, -0.15) is 0 Å². The van der Waals surface area contributed by atoms with Gasteiger partial charge in [-0.15, -0.1) is 0 Å². The van der Waals surface area contributed by atoms with Crippen LogP contribution in [-0.2, 0) is 0 Å². The molecule has 0 spiro atoms. The second kappa shape index (κ2) is 6.41. The number of nitrogens with zero attached hydrogens (tertiary/aromatic N) is 2. The Morgan fingerprint density at radius 3 is 2.80 bits per heavy atom. The van der Waals surface area contributed by atoms with Crippen molar-refractivity contribution in [3.05, 3.63) is 33.3 Å². The Hall–Kier alpha value is -1.33. The van der Waals surface area contributed by atoms with Gasteiger partial charge in [-0.3, -0.25) is 10.1 Å². The number of hydrogen-bond donors (Lipinski definition) is 1. The molecule has 1 aliphatic rings. The number of hydrogen-bond acceptors (Lipinski definition) is 4. The number of anilines is 1. The summed E-state index contributed by atoms with van der Waals surface area (Å²) in [4.78, 5) is 12.8. The van der Waals surface area contributed by atoms with E-state index < -0.39 is 0 Å². The van der Waals surface area contributed by atoms with Crippen LogP contribution in [-0.4, -0.2) is 24.6 Å². The molecule has 1 aliphatic carbocycles. The second-order valence-electron chi connectivity index (χ2n) is 5.35. The van der Waals surface area contributed by atoms with Gasteiger partial charge in [0.15, 0.2) is 0 Å². The Kier molecular flexibility index (Phi) is 4.83. The van der Waals surface area contributed by atoms with Crippen LogP contribution in [0.2, 0.25) is 5.02 Å². The lowest BCUT2D eigenvalue weighted by atomic mass is 9.83. The zero-order valence-corrected chi connectivity index (χ0v) is 12.3. The summed E-state index contributed by atoms with van der Waals surface area (Å²) >= 11 is 6.00. The highest BCUT2D eigenvalue weighted by molar-refractivity contribution is 6.31. The number of benzene rings is 1. The molecule has 2 rings (SSSR count). The van der Waals surface area contributed by atoms with Crippen molar-refractivity contribution in [3.8, 4) is 0 Å². The van der Waals surface area contributed by atoms with E-state index in [1.54, 1.807) is 12.1 Å². The van der Waals surface area contributed by atoms with Crippen LogP contribution in [0.15, 0.2) is 18.2 Å². The molecule has 0 radical (unpaired) electrons. The Morgan fingerprint density at radius 2 is 2.15 bits per heavy atom. The van der Waals surface area contributed by atoms with E-state index in [0.717, 1.165) is 19.3 Å². The van der Waals surface area contributed by atoms with E-state index in [9.17, 15) is 10.1 Å². The molecule has 2 N–H and O–H groups in total.